The van der Waals surface area contributed by atoms with Crippen molar-refractivity contribution >= 4 is 5.91 Å². The molecule has 144 valence electrons. The Bertz CT molecular complexity index is 990. The van der Waals surface area contributed by atoms with Crippen molar-refractivity contribution in [3.8, 4) is 11.3 Å². The van der Waals surface area contributed by atoms with Gasteiger partial charge in [0.05, 0.1) is 24.1 Å². The van der Waals surface area contributed by atoms with Crippen LogP contribution in [-0.2, 0) is 13.1 Å². The minimum atomic E-state index is -0.494. The van der Waals surface area contributed by atoms with Gasteiger partial charge in [-0.25, -0.2) is 0 Å². The maximum absolute atomic E-state index is 13.2. The second kappa shape index (κ2) is 6.91. The molecule has 1 aliphatic heterocycles. The van der Waals surface area contributed by atoms with Crippen LogP contribution in [0.5, 0.6) is 0 Å². The van der Waals surface area contributed by atoms with E-state index < -0.39 is 6.10 Å². The number of aliphatic hydroxyl groups excluding tert-OH is 1. The molecular formula is C21H22N4O3. The van der Waals surface area contributed by atoms with Crippen LogP contribution in [0.3, 0.4) is 0 Å². The monoisotopic (exact) mass is 378 g/mol. The zero-order valence-corrected chi connectivity index (χ0v) is 15.5. The van der Waals surface area contributed by atoms with Gasteiger partial charge in [0.15, 0.2) is 5.76 Å². The zero-order valence-electron chi connectivity index (χ0n) is 15.5. The van der Waals surface area contributed by atoms with Crippen molar-refractivity contribution in [2.24, 2.45) is 5.92 Å². The first-order valence-corrected chi connectivity index (χ1v) is 9.75. The molecule has 1 unspecified atom stereocenters. The summed E-state index contributed by atoms with van der Waals surface area (Å²) < 4.78 is 7.31. The summed E-state index contributed by atoms with van der Waals surface area (Å²) in [4.78, 5) is 15.0. The molecule has 3 heterocycles. The van der Waals surface area contributed by atoms with E-state index in [9.17, 15) is 9.90 Å². The molecule has 28 heavy (non-hydrogen) atoms. The number of amides is 1. The highest BCUT2D eigenvalue weighted by atomic mass is 16.5. The Balaban J connectivity index is 1.40. The van der Waals surface area contributed by atoms with E-state index in [1.165, 1.54) is 6.20 Å². The second-order valence-electron chi connectivity index (χ2n) is 7.58. The number of fused-ring (bicyclic) bond motifs is 1. The van der Waals surface area contributed by atoms with Gasteiger partial charge in [0, 0.05) is 18.7 Å². The topological polar surface area (TPSA) is 84.4 Å². The van der Waals surface area contributed by atoms with E-state index in [-0.39, 0.29) is 5.91 Å². The third-order valence-electron chi connectivity index (χ3n) is 5.53. The molecule has 5 rings (SSSR count). The van der Waals surface area contributed by atoms with E-state index in [0.717, 1.165) is 42.8 Å². The fourth-order valence-electron chi connectivity index (χ4n) is 3.82. The number of aryl methyl sites for hydroxylation is 1. The first-order valence-electron chi connectivity index (χ1n) is 9.75. The summed E-state index contributed by atoms with van der Waals surface area (Å²) >= 11 is 0. The van der Waals surface area contributed by atoms with Crippen LogP contribution in [0.2, 0.25) is 0 Å². The van der Waals surface area contributed by atoms with Crippen LogP contribution in [0, 0.1) is 5.92 Å². The molecule has 1 aliphatic carbocycles. The fraction of sp³-hybridized carbons (Fsp3) is 0.381. The lowest BCUT2D eigenvalue weighted by Crippen LogP contribution is -2.30. The SMILES string of the molecule is O=C(c1cnoc1-c1ccccc1)N1CCCn2nc(C(O)C3CC3)cc2C1. The smallest absolute Gasteiger partial charge is 0.259 e. The van der Waals surface area contributed by atoms with E-state index in [1.54, 1.807) is 0 Å². The summed E-state index contributed by atoms with van der Waals surface area (Å²) in [7, 11) is 0. The highest BCUT2D eigenvalue weighted by Gasteiger charge is 2.33. The molecular weight excluding hydrogens is 356 g/mol. The van der Waals surface area contributed by atoms with Crippen LogP contribution < -0.4 is 0 Å². The highest BCUT2D eigenvalue weighted by molar-refractivity contribution is 5.99. The molecule has 2 aromatic heterocycles. The highest BCUT2D eigenvalue weighted by Crippen LogP contribution is 2.40. The van der Waals surface area contributed by atoms with E-state index in [0.29, 0.717) is 30.3 Å². The molecule has 0 bridgehead atoms. The predicted octanol–water partition coefficient (Wildman–Crippen LogP) is 3.03. The van der Waals surface area contributed by atoms with Gasteiger partial charge in [-0.05, 0) is 31.2 Å². The molecule has 1 fully saturated rings. The summed E-state index contributed by atoms with van der Waals surface area (Å²) in [5.41, 5.74) is 2.98. The maximum atomic E-state index is 13.2. The number of hydrogen-bond donors (Lipinski definition) is 1. The molecule has 1 amide bonds. The largest absolute Gasteiger partial charge is 0.386 e. The van der Waals surface area contributed by atoms with Crippen LogP contribution in [0.25, 0.3) is 11.3 Å². The van der Waals surface area contributed by atoms with E-state index >= 15 is 0 Å². The van der Waals surface area contributed by atoms with Gasteiger partial charge in [0.1, 0.15) is 11.7 Å². The number of benzene rings is 1. The number of carbonyl (C=O) groups is 1. The maximum Gasteiger partial charge on any atom is 0.259 e. The number of nitrogens with zero attached hydrogens (tertiary/aromatic N) is 4. The van der Waals surface area contributed by atoms with E-state index in [1.807, 2.05) is 46.0 Å². The lowest BCUT2D eigenvalue weighted by atomic mass is 10.1. The lowest BCUT2D eigenvalue weighted by Gasteiger charge is -2.19. The number of aliphatic hydroxyl groups is 1. The van der Waals surface area contributed by atoms with Crippen LogP contribution in [0.1, 0.15) is 47.1 Å². The van der Waals surface area contributed by atoms with Crippen LogP contribution in [0.4, 0.5) is 0 Å². The summed E-state index contributed by atoms with van der Waals surface area (Å²) in [6, 6.07) is 11.5. The van der Waals surface area contributed by atoms with Crippen LogP contribution in [0.15, 0.2) is 47.1 Å². The van der Waals surface area contributed by atoms with Crippen molar-refractivity contribution in [1.29, 1.82) is 0 Å². The number of carbonyl (C=O) groups excluding carboxylic acids is 1. The third kappa shape index (κ3) is 3.11. The molecule has 2 aliphatic rings. The van der Waals surface area contributed by atoms with Gasteiger partial charge in [0.25, 0.3) is 5.91 Å². The van der Waals surface area contributed by atoms with E-state index in [4.69, 9.17) is 4.52 Å². The molecule has 7 heteroatoms. The van der Waals surface area contributed by atoms with Crippen molar-refractivity contribution in [1.82, 2.24) is 19.8 Å². The zero-order chi connectivity index (χ0) is 19.1. The van der Waals surface area contributed by atoms with Crippen molar-refractivity contribution in [3.05, 3.63) is 59.5 Å². The Morgan fingerprint density at radius 1 is 1.21 bits per heavy atom. The van der Waals surface area contributed by atoms with Crippen molar-refractivity contribution in [2.75, 3.05) is 6.54 Å². The predicted molar refractivity (Wildman–Crippen MR) is 101 cm³/mol. The average molecular weight is 378 g/mol. The summed E-state index contributed by atoms with van der Waals surface area (Å²) in [5.74, 6) is 0.731. The molecule has 1 atom stereocenters. The van der Waals surface area contributed by atoms with Crippen LogP contribution >= 0.6 is 0 Å². The molecule has 0 radical (unpaired) electrons. The van der Waals surface area contributed by atoms with E-state index in [2.05, 4.69) is 10.3 Å². The number of aromatic nitrogens is 3. The van der Waals surface area contributed by atoms with Gasteiger partial charge in [-0.15, -0.1) is 0 Å². The Labute approximate surface area is 162 Å². The number of rotatable bonds is 4. The Kier molecular flexibility index (Phi) is 4.24. The molecule has 3 aromatic rings. The Hall–Kier alpha value is -2.93. The number of hydrogen-bond acceptors (Lipinski definition) is 5. The molecule has 1 aromatic carbocycles. The second-order valence-corrected chi connectivity index (χ2v) is 7.58. The van der Waals surface area contributed by atoms with Crippen molar-refractivity contribution < 1.29 is 14.4 Å². The van der Waals surface area contributed by atoms with Gasteiger partial charge < -0.3 is 14.5 Å². The standard InChI is InChI=1S/C21H22N4O3/c26-19(14-7-8-14)18-11-16-13-24(9-4-10-25(16)23-18)21(27)17-12-22-28-20(17)15-5-2-1-3-6-15/h1-3,5-6,11-12,14,19,26H,4,7-10,13H2. The Morgan fingerprint density at radius 2 is 2.04 bits per heavy atom. The molecule has 1 saturated carbocycles. The average Bonchev–Trinajstić information content (AvgIpc) is 3.38. The fourth-order valence-corrected chi connectivity index (χ4v) is 3.82. The van der Waals surface area contributed by atoms with Gasteiger partial charge in [-0.1, -0.05) is 35.5 Å². The van der Waals surface area contributed by atoms with Crippen LogP contribution in [-0.4, -0.2) is 37.4 Å². The van der Waals surface area contributed by atoms with Crippen molar-refractivity contribution in [2.45, 2.75) is 38.5 Å². The normalized spacial score (nSPS) is 17.8. The molecule has 0 saturated heterocycles. The van der Waals surface area contributed by atoms with Gasteiger partial charge in [-0.3, -0.25) is 9.48 Å². The molecule has 0 spiro atoms. The summed E-state index contributed by atoms with van der Waals surface area (Å²) in [6.45, 7) is 1.84. The minimum absolute atomic E-state index is 0.0981. The van der Waals surface area contributed by atoms with Gasteiger partial charge in [0.2, 0.25) is 0 Å². The molecule has 1 N–H and O–H groups in total. The first kappa shape index (κ1) is 17.2. The quantitative estimate of drug-likeness (QED) is 0.754. The van der Waals surface area contributed by atoms with Gasteiger partial charge >= 0.3 is 0 Å². The van der Waals surface area contributed by atoms with Crippen molar-refractivity contribution in [3.63, 3.8) is 0 Å². The minimum Gasteiger partial charge on any atom is -0.386 e. The Morgan fingerprint density at radius 3 is 2.82 bits per heavy atom. The summed E-state index contributed by atoms with van der Waals surface area (Å²) in [6.07, 6.45) is 3.93. The first-order chi connectivity index (χ1) is 13.7. The third-order valence-corrected chi connectivity index (χ3v) is 5.53. The lowest BCUT2D eigenvalue weighted by molar-refractivity contribution is 0.0746. The van der Waals surface area contributed by atoms with Gasteiger partial charge in [-0.2, -0.15) is 5.10 Å². The summed E-state index contributed by atoms with van der Waals surface area (Å²) in [5, 5.41) is 18.8. The molecule has 7 nitrogen and oxygen atoms in total.